The summed E-state index contributed by atoms with van der Waals surface area (Å²) in [6.07, 6.45) is -6.87. The van der Waals surface area contributed by atoms with E-state index in [4.69, 9.17) is 10.4 Å². The fourth-order valence-electron chi connectivity index (χ4n) is 2.04. The SMILES string of the molecule is N#Cc1ccc(N2CCCC2)cc1C(F)(F)F.OCC(F)(F)F. The molecule has 23 heavy (non-hydrogen) atoms. The monoisotopic (exact) mass is 340 g/mol. The second-order valence-corrected chi connectivity index (χ2v) is 4.81. The molecule has 0 spiro atoms. The Labute approximate surface area is 128 Å². The lowest BCUT2D eigenvalue weighted by Gasteiger charge is -2.19. The van der Waals surface area contributed by atoms with Crippen molar-refractivity contribution in [3.05, 3.63) is 29.3 Å². The lowest BCUT2D eigenvalue weighted by atomic mass is 10.1. The van der Waals surface area contributed by atoms with Gasteiger partial charge in [0.25, 0.3) is 0 Å². The molecule has 1 fully saturated rings. The van der Waals surface area contributed by atoms with Crippen molar-refractivity contribution in [1.29, 1.82) is 5.26 Å². The summed E-state index contributed by atoms with van der Waals surface area (Å²) >= 11 is 0. The number of nitrogens with zero attached hydrogens (tertiary/aromatic N) is 2. The number of nitriles is 1. The van der Waals surface area contributed by atoms with Crippen LogP contribution in [0.15, 0.2) is 18.2 Å². The zero-order chi connectivity index (χ0) is 17.7. The number of hydrogen-bond acceptors (Lipinski definition) is 3. The smallest absolute Gasteiger partial charge is 0.387 e. The summed E-state index contributed by atoms with van der Waals surface area (Å²) in [6, 6.07) is 5.48. The van der Waals surface area contributed by atoms with E-state index >= 15 is 0 Å². The summed E-state index contributed by atoms with van der Waals surface area (Å²) in [4.78, 5) is 1.91. The molecule has 1 aliphatic rings. The number of benzene rings is 1. The van der Waals surface area contributed by atoms with Crippen molar-refractivity contribution < 1.29 is 31.4 Å². The first-order chi connectivity index (χ1) is 10.6. The first-order valence-corrected chi connectivity index (χ1v) is 6.62. The van der Waals surface area contributed by atoms with Crippen LogP contribution < -0.4 is 4.90 Å². The predicted molar refractivity (Wildman–Crippen MR) is 70.7 cm³/mol. The topological polar surface area (TPSA) is 47.3 Å². The molecule has 1 saturated heterocycles. The van der Waals surface area contributed by atoms with E-state index in [1.54, 1.807) is 12.1 Å². The highest BCUT2D eigenvalue weighted by molar-refractivity contribution is 5.55. The Kier molecular flexibility index (Phi) is 6.27. The van der Waals surface area contributed by atoms with Gasteiger partial charge in [-0.05, 0) is 31.0 Å². The summed E-state index contributed by atoms with van der Waals surface area (Å²) in [5, 5.41) is 16.0. The van der Waals surface area contributed by atoms with Gasteiger partial charge in [0.2, 0.25) is 0 Å². The Morgan fingerprint density at radius 1 is 1.09 bits per heavy atom. The molecule has 0 bridgehead atoms. The largest absolute Gasteiger partial charge is 0.417 e. The van der Waals surface area contributed by atoms with Crippen molar-refractivity contribution >= 4 is 5.69 Å². The molecule has 9 heteroatoms. The van der Waals surface area contributed by atoms with E-state index in [0.29, 0.717) is 5.69 Å². The van der Waals surface area contributed by atoms with E-state index in [-0.39, 0.29) is 5.56 Å². The van der Waals surface area contributed by atoms with Crippen molar-refractivity contribution in [2.75, 3.05) is 24.6 Å². The van der Waals surface area contributed by atoms with Crippen molar-refractivity contribution in [3.8, 4) is 6.07 Å². The third kappa shape index (κ3) is 5.98. The number of alkyl halides is 6. The zero-order valence-corrected chi connectivity index (χ0v) is 11.9. The van der Waals surface area contributed by atoms with Crippen molar-refractivity contribution in [2.45, 2.75) is 25.2 Å². The van der Waals surface area contributed by atoms with E-state index in [1.165, 1.54) is 6.07 Å². The van der Waals surface area contributed by atoms with Crippen LogP contribution in [0.25, 0.3) is 0 Å². The summed E-state index contributed by atoms with van der Waals surface area (Å²) < 4.78 is 69.8. The molecule has 3 nitrogen and oxygen atoms in total. The maximum Gasteiger partial charge on any atom is 0.417 e. The molecular formula is C14H14F6N2O. The molecule has 0 aromatic heterocycles. The van der Waals surface area contributed by atoms with Gasteiger partial charge in [-0.15, -0.1) is 0 Å². The number of halogens is 6. The first kappa shape index (κ1) is 19.1. The van der Waals surface area contributed by atoms with E-state index in [2.05, 4.69) is 0 Å². The van der Waals surface area contributed by atoms with Crippen LogP contribution in [0.4, 0.5) is 32.0 Å². The molecule has 0 radical (unpaired) electrons. The van der Waals surface area contributed by atoms with Gasteiger partial charge in [0.15, 0.2) is 0 Å². The minimum Gasteiger partial charge on any atom is -0.387 e. The van der Waals surface area contributed by atoms with E-state index in [1.807, 2.05) is 4.90 Å². The maximum atomic E-state index is 12.7. The fourth-order valence-corrected chi connectivity index (χ4v) is 2.04. The van der Waals surface area contributed by atoms with Gasteiger partial charge in [-0.2, -0.15) is 31.6 Å². The number of aliphatic hydroxyl groups is 1. The van der Waals surface area contributed by atoms with Crippen LogP contribution in [0.1, 0.15) is 24.0 Å². The molecule has 2 rings (SSSR count). The molecule has 0 amide bonds. The van der Waals surface area contributed by atoms with Gasteiger partial charge in [-0.1, -0.05) is 0 Å². The highest BCUT2D eigenvalue weighted by Crippen LogP contribution is 2.35. The van der Waals surface area contributed by atoms with Crippen molar-refractivity contribution in [3.63, 3.8) is 0 Å². The Morgan fingerprint density at radius 2 is 1.61 bits per heavy atom. The molecule has 0 aliphatic carbocycles. The quantitative estimate of drug-likeness (QED) is 0.793. The van der Waals surface area contributed by atoms with Crippen LogP contribution in [0.5, 0.6) is 0 Å². The van der Waals surface area contributed by atoms with Crippen LogP contribution in [0.3, 0.4) is 0 Å². The van der Waals surface area contributed by atoms with Gasteiger partial charge >= 0.3 is 12.4 Å². The molecule has 1 heterocycles. The second kappa shape index (κ2) is 7.55. The third-order valence-corrected chi connectivity index (χ3v) is 3.08. The Balaban J connectivity index is 0.000000379. The lowest BCUT2D eigenvalue weighted by molar-refractivity contribution is -0.159. The van der Waals surface area contributed by atoms with E-state index in [9.17, 15) is 26.3 Å². The van der Waals surface area contributed by atoms with E-state index < -0.39 is 24.5 Å². The Bertz CT molecular complexity index is 556. The number of aliphatic hydroxyl groups excluding tert-OH is 1. The summed E-state index contributed by atoms with van der Waals surface area (Å²) in [7, 11) is 0. The fraction of sp³-hybridized carbons (Fsp3) is 0.500. The lowest BCUT2D eigenvalue weighted by Crippen LogP contribution is -2.19. The molecule has 1 aliphatic heterocycles. The average Bonchev–Trinajstić information content (AvgIpc) is 3.00. The zero-order valence-electron chi connectivity index (χ0n) is 11.9. The summed E-state index contributed by atoms with van der Waals surface area (Å²) in [6.45, 7) is -0.167. The van der Waals surface area contributed by atoms with Crippen molar-refractivity contribution in [1.82, 2.24) is 0 Å². The molecule has 1 N–H and O–H groups in total. The minimum atomic E-state index is -4.47. The normalized spacial score (nSPS) is 15.0. The Hall–Kier alpha value is -1.95. The first-order valence-electron chi connectivity index (χ1n) is 6.62. The molecular weight excluding hydrogens is 326 g/mol. The maximum absolute atomic E-state index is 12.7. The average molecular weight is 340 g/mol. The molecule has 0 atom stereocenters. The van der Waals surface area contributed by atoms with Gasteiger partial charge in [0.05, 0.1) is 17.2 Å². The molecule has 1 aromatic rings. The third-order valence-electron chi connectivity index (χ3n) is 3.08. The number of anilines is 1. The molecule has 1 aromatic carbocycles. The predicted octanol–water partition coefficient (Wildman–Crippen LogP) is 3.72. The molecule has 0 saturated carbocycles. The number of rotatable bonds is 1. The summed E-state index contributed by atoms with van der Waals surface area (Å²) in [5.41, 5.74) is -0.612. The van der Waals surface area contributed by atoms with Crippen LogP contribution in [-0.2, 0) is 6.18 Å². The van der Waals surface area contributed by atoms with Crippen LogP contribution in [-0.4, -0.2) is 31.0 Å². The molecule has 0 unspecified atom stereocenters. The number of hydrogen-bond donors (Lipinski definition) is 1. The van der Waals surface area contributed by atoms with Gasteiger partial charge in [-0.25, -0.2) is 0 Å². The molecule has 128 valence electrons. The van der Waals surface area contributed by atoms with Crippen LogP contribution in [0, 0.1) is 11.3 Å². The highest BCUT2D eigenvalue weighted by atomic mass is 19.4. The van der Waals surface area contributed by atoms with Gasteiger partial charge < -0.3 is 10.0 Å². The van der Waals surface area contributed by atoms with Gasteiger partial charge in [0, 0.05) is 18.8 Å². The summed E-state index contributed by atoms with van der Waals surface area (Å²) in [5.74, 6) is 0. The van der Waals surface area contributed by atoms with Crippen molar-refractivity contribution in [2.24, 2.45) is 0 Å². The second-order valence-electron chi connectivity index (χ2n) is 4.81. The Morgan fingerprint density at radius 3 is 2.00 bits per heavy atom. The standard InChI is InChI=1S/C12H11F3N2.C2H3F3O/c13-12(14,15)11-7-10(4-3-9(11)8-16)17-5-1-2-6-17;3-2(4,5)1-6/h3-4,7H,1-2,5-6H2;6H,1H2. The van der Waals surface area contributed by atoms with E-state index in [0.717, 1.165) is 32.0 Å². The van der Waals surface area contributed by atoms with Gasteiger partial charge in [0.1, 0.15) is 6.61 Å². The minimum absolute atomic E-state index is 0.319. The highest BCUT2D eigenvalue weighted by Gasteiger charge is 2.34. The van der Waals surface area contributed by atoms with Crippen LogP contribution in [0.2, 0.25) is 0 Å². The van der Waals surface area contributed by atoms with Gasteiger partial charge in [-0.3, -0.25) is 0 Å². The van der Waals surface area contributed by atoms with Crippen LogP contribution >= 0.6 is 0 Å².